The van der Waals surface area contributed by atoms with Crippen molar-refractivity contribution < 1.29 is 4.79 Å². The van der Waals surface area contributed by atoms with Crippen LogP contribution in [0, 0.1) is 0 Å². The van der Waals surface area contributed by atoms with E-state index in [0.717, 1.165) is 17.8 Å². The van der Waals surface area contributed by atoms with Crippen molar-refractivity contribution >= 4 is 12.1 Å². The molecule has 24 heavy (non-hydrogen) atoms. The molecule has 0 aliphatic heterocycles. The molecule has 1 aliphatic carbocycles. The van der Waals surface area contributed by atoms with Crippen LogP contribution in [0.25, 0.3) is 11.1 Å². The van der Waals surface area contributed by atoms with Crippen molar-refractivity contribution in [1.82, 2.24) is 10.2 Å². The van der Waals surface area contributed by atoms with Gasteiger partial charge < -0.3 is 10.5 Å². The maximum absolute atomic E-state index is 10.3. The number of anilines is 1. The molecule has 2 aromatic carbocycles. The number of aromatic amines is 1. The molecule has 1 aliphatic rings. The first-order valence-corrected chi connectivity index (χ1v) is 8.15. The number of H-pyrrole nitrogens is 1. The molecular formula is C20H21N3O. The van der Waals surface area contributed by atoms with E-state index in [0.29, 0.717) is 12.2 Å². The van der Waals surface area contributed by atoms with Gasteiger partial charge in [0.05, 0.1) is 0 Å². The highest BCUT2D eigenvalue weighted by molar-refractivity contribution is 5.64. The number of hydrogen-bond donors (Lipinski definition) is 2. The Labute approximate surface area is 141 Å². The molecule has 1 aromatic heterocycles. The van der Waals surface area contributed by atoms with E-state index in [2.05, 4.69) is 22.3 Å². The van der Waals surface area contributed by atoms with Gasteiger partial charge in [-0.15, -0.1) is 0 Å². The van der Waals surface area contributed by atoms with E-state index in [9.17, 15) is 4.79 Å². The van der Waals surface area contributed by atoms with Crippen molar-refractivity contribution in [2.75, 3.05) is 5.73 Å². The topological polar surface area (TPSA) is 71.8 Å². The number of aromatic nitrogens is 2. The third kappa shape index (κ3) is 4.32. The average molecular weight is 319 g/mol. The van der Waals surface area contributed by atoms with Crippen LogP contribution in [0.4, 0.5) is 5.82 Å². The molecule has 1 saturated carbocycles. The van der Waals surface area contributed by atoms with Crippen molar-refractivity contribution in [1.29, 1.82) is 0 Å². The summed E-state index contributed by atoms with van der Waals surface area (Å²) in [4.78, 5) is 10.3. The summed E-state index contributed by atoms with van der Waals surface area (Å²) in [5, 5.41) is 6.72. The van der Waals surface area contributed by atoms with Crippen molar-refractivity contribution in [2.45, 2.75) is 25.2 Å². The molecule has 0 saturated heterocycles. The second-order valence-corrected chi connectivity index (χ2v) is 5.96. The fraction of sp³-hybridized carbons (Fsp3) is 0.200. The van der Waals surface area contributed by atoms with Crippen LogP contribution in [-0.2, 0) is 11.2 Å². The Morgan fingerprint density at radius 2 is 1.71 bits per heavy atom. The third-order valence-corrected chi connectivity index (χ3v) is 4.01. The Bertz CT molecular complexity index is 774. The summed E-state index contributed by atoms with van der Waals surface area (Å²) in [7, 11) is 0. The molecule has 1 heterocycles. The second-order valence-electron chi connectivity index (χ2n) is 5.96. The highest BCUT2D eigenvalue weighted by atomic mass is 16.1. The van der Waals surface area contributed by atoms with Crippen LogP contribution >= 0.6 is 0 Å². The maximum atomic E-state index is 10.3. The molecule has 122 valence electrons. The minimum Gasteiger partial charge on any atom is -0.382 e. The Balaban J connectivity index is 0.000000159. The Hall–Kier alpha value is -2.88. The monoisotopic (exact) mass is 319 g/mol. The van der Waals surface area contributed by atoms with Crippen molar-refractivity contribution in [3.05, 3.63) is 71.9 Å². The summed E-state index contributed by atoms with van der Waals surface area (Å²) < 4.78 is 0. The Morgan fingerprint density at radius 1 is 1.04 bits per heavy atom. The lowest BCUT2D eigenvalue weighted by Crippen LogP contribution is -1.85. The first-order chi connectivity index (χ1) is 11.8. The summed E-state index contributed by atoms with van der Waals surface area (Å²) in [5.41, 5.74) is 10.1. The van der Waals surface area contributed by atoms with E-state index >= 15 is 0 Å². The van der Waals surface area contributed by atoms with Gasteiger partial charge in [-0.3, -0.25) is 5.10 Å². The molecule has 3 aromatic rings. The fourth-order valence-electron chi connectivity index (χ4n) is 2.52. The minimum absolute atomic E-state index is 0.495. The molecule has 0 unspecified atom stereocenters. The van der Waals surface area contributed by atoms with Gasteiger partial charge in [-0.2, -0.15) is 5.10 Å². The Morgan fingerprint density at radius 3 is 2.25 bits per heavy atom. The number of rotatable bonds is 4. The van der Waals surface area contributed by atoms with Gasteiger partial charge in [0, 0.05) is 24.1 Å². The number of benzene rings is 2. The van der Waals surface area contributed by atoms with E-state index < -0.39 is 0 Å². The van der Waals surface area contributed by atoms with Crippen molar-refractivity contribution in [2.24, 2.45) is 0 Å². The number of nitrogens with two attached hydrogens (primary N) is 1. The molecule has 0 atom stereocenters. The lowest BCUT2D eigenvalue weighted by molar-refractivity contribution is -0.107. The lowest BCUT2D eigenvalue weighted by atomic mass is 10.0. The first-order valence-electron chi connectivity index (χ1n) is 8.15. The largest absolute Gasteiger partial charge is 0.382 e. The summed E-state index contributed by atoms with van der Waals surface area (Å²) in [5.74, 6) is 1.34. The SMILES string of the molecule is Nc1cc(C2CC2)[nH]n1.O=CCc1ccc(-c2ccccc2)cc1. The second kappa shape index (κ2) is 7.59. The van der Waals surface area contributed by atoms with Gasteiger partial charge in [0.1, 0.15) is 12.1 Å². The minimum atomic E-state index is 0.495. The van der Waals surface area contributed by atoms with E-state index in [-0.39, 0.29) is 0 Å². The molecule has 1 fully saturated rings. The quantitative estimate of drug-likeness (QED) is 0.715. The van der Waals surface area contributed by atoms with E-state index in [1.54, 1.807) is 0 Å². The van der Waals surface area contributed by atoms with Gasteiger partial charge in [0.25, 0.3) is 0 Å². The predicted molar refractivity (Wildman–Crippen MR) is 96.6 cm³/mol. The summed E-state index contributed by atoms with van der Waals surface area (Å²) in [6.45, 7) is 0. The van der Waals surface area contributed by atoms with Crippen LogP contribution in [0.1, 0.15) is 30.0 Å². The zero-order valence-corrected chi connectivity index (χ0v) is 13.5. The number of nitrogens with one attached hydrogen (secondary N) is 1. The van der Waals surface area contributed by atoms with Gasteiger partial charge in [-0.05, 0) is 29.5 Å². The molecule has 4 rings (SSSR count). The summed E-state index contributed by atoms with van der Waals surface area (Å²) in [6, 6.07) is 20.2. The lowest BCUT2D eigenvalue weighted by Gasteiger charge is -2.01. The summed E-state index contributed by atoms with van der Waals surface area (Å²) in [6.07, 6.45) is 4.01. The van der Waals surface area contributed by atoms with Crippen LogP contribution in [0.3, 0.4) is 0 Å². The predicted octanol–water partition coefficient (Wildman–Crippen LogP) is 3.96. The van der Waals surface area contributed by atoms with Crippen LogP contribution < -0.4 is 5.73 Å². The van der Waals surface area contributed by atoms with Gasteiger partial charge in [0.15, 0.2) is 0 Å². The van der Waals surface area contributed by atoms with Crippen LogP contribution in [-0.4, -0.2) is 16.5 Å². The van der Waals surface area contributed by atoms with E-state index in [1.165, 1.54) is 29.7 Å². The number of hydrogen-bond acceptors (Lipinski definition) is 3. The van der Waals surface area contributed by atoms with E-state index in [4.69, 9.17) is 5.73 Å². The number of nitrogens with zero attached hydrogens (tertiary/aromatic N) is 1. The average Bonchev–Trinajstić information content (AvgIpc) is 3.39. The third-order valence-electron chi connectivity index (χ3n) is 4.01. The van der Waals surface area contributed by atoms with Crippen molar-refractivity contribution in [3.63, 3.8) is 0 Å². The van der Waals surface area contributed by atoms with Gasteiger partial charge in [-0.1, -0.05) is 54.6 Å². The molecular weight excluding hydrogens is 298 g/mol. The summed E-state index contributed by atoms with van der Waals surface area (Å²) >= 11 is 0. The van der Waals surface area contributed by atoms with Gasteiger partial charge >= 0.3 is 0 Å². The molecule has 0 amide bonds. The normalized spacial score (nSPS) is 13.0. The number of carbonyl (C=O) groups is 1. The highest BCUT2D eigenvalue weighted by Gasteiger charge is 2.24. The van der Waals surface area contributed by atoms with Gasteiger partial charge in [0.2, 0.25) is 0 Å². The molecule has 4 heteroatoms. The molecule has 3 N–H and O–H groups in total. The zero-order valence-electron chi connectivity index (χ0n) is 13.5. The molecule has 0 spiro atoms. The highest BCUT2D eigenvalue weighted by Crippen LogP contribution is 2.39. The molecule has 4 nitrogen and oxygen atoms in total. The van der Waals surface area contributed by atoms with Crippen LogP contribution in [0.5, 0.6) is 0 Å². The maximum Gasteiger partial charge on any atom is 0.145 e. The standard InChI is InChI=1S/C14H12O.C6H9N3/c15-11-10-12-6-8-14(9-7-12)13-4-2-1-3-5-13;7-6-3-5(8-9-6)4-1-2-4/h1-9,11H,10H2;3-4H,1-2H2,(H3,7,8,9). The van der Waals surface area contributed by atoms with Gasteiger partial charge in [-0.25, -0.2) is 0 Å². The smallest absolute Gasteiger partial charge is 0.145 e. The number of aldehydes is 1. The van der Waals surface area contributed by atoms with Crippen LogP contribution in [0.2, 0.25) is 0 Å². The Kier molecular flexibility index (Phi) is 5.06. The molecule has 0 bridgehead atoms. The van der Waals surface area contributed by atoms with Crippen molar-refractivity contribution in [3.8, 4) is 11.1 Å². The van der Waals surface area contributed by atoms with E-state index in [1.807, 2.05) is 48.5 Å². The number of carbonyl (C=O) groups excluding carboxylic acids is 1. The zero-order chi connectivity index (χ0) is 16.8. The van der Waals surface area contributed by atoms with Crippen LogP contribution in [0.15, 0.2) is 60.7 Å². The molecule has 0 radical (unpaired) electrons. The fourth-order valence-corrected chi connectivity index (χ4v) is 2.52. The first kappa shape index (κ1) is 16.0. The number of nitrogen functional groups attached to an aromatic ring is 1.